The third-order valence-corrected chi connectivity index (χ3v) is 4.59. The molecule has 0 fully saturated rings. The first kappa shape index (κ1) is 14.0. The predicted molar refractivity (Wildman–Crippen MR) is 97.1 cm³/mol. The Bertz CT molecular complexity index is 1100. The molecule has 0 spiro atoms. The van der Waals surface area contributed by atoms with Gasteiger partial charge in [0.05, 0.1) is 11.4 Å². The summed E-state index contributed by atoms with van der Waals surface area (Å²) in [5.41, 5.74) is 2.61. The molecule has 6 nitrogen and oxygen atoms in total. The van der Waals surface area contributed by atoms with Gasteiger partial charge in [-0.05, 0) is 6.07 Å². The average Bonchev–Trinajstić information content (AvgIpc) is 3.28. The summed E-state index contributed by atoms with van der Waals surface area (Å²) in [5.74, 6) is 1.87. The van der Waals surface area contributed by atoms with E-state index in [1.54, 1.807) is 6.07 Å². The molecule has 122 valence electrons. The number of aliphatic imine (C=N–C) groups is 1. The molecule has 2 N–H and O–H groups in total. The van der Waals surface area contributed by atoms with Gasteiger partial charge in [-0.1, -0.05) is 24.3 Å². The summed E-state index contributed by atoms with van der Waals surface area (Å²) in [6, 6.07) is 11.6. The molecule has 0 saturated carbocycles. The van der Waals surface area contributed by atoms with Crippen LogP contribution in [0.25, 0.3) is 11.6 Å². The summed E-state index contributed by atoms with van der Waals surface area (Å²) in [6.45, 7) is 0.789. The van der Waals surface area contributed by atoms with Gasteiger partial charge in [0.1, 0.15) is 11.6 Å². The molecule has 0 unspecified atom stereocenters. The fraction of sp³-hybridized carbons (Fsp3) is 0.105. The van der Waals surface area contributed by atoms with Crippen LogP contribution in [0.5, 0.6) is 0 Å². The lowest BCUT2D eigenvalue weighted by molar-refractivity contribution is 0.960. The maximum Gasteiger partial charge on any atom is 0.270 e. The van der Waals surface area contributed by atoms with Gasteiger partial charge in [-0.3, -0.25) is 4.79 Å². The summed E-state index contributed by atoms with van der Waals surface area (Å²) < 4.78 is 0. The number of anilines is 1. The van der Waals surface area contributed by atoms with Crippen LogP contribution in [0.1, 0.15) is 11.3 Å². The van der Waals surface area contributed by atoms with Crippen LogP contribution in [-0.2, 0) is 6.42 Å². The Morgan fingerprint density at radius 2 is 1.72 bits per heavy atom. The molecule has 3 aliphatic rings. The lowest BCUT2D eigenvalue weighted by Crippen LogP contribution is -2.28. The lowest BCUT2D eigenvalue weighted by Gasteiger charge is -2.24. The molecule has 2 aromatic rings. The average molecular weight is 329 g/mol. The first-order valence-corrected chi connectivity index (χ1v) is 8.18. The van der Waals surface area contributed by atoms with Crippen molar-refractivity contribution in [1.29, 1.82) is 0 Å². The standard InChI is InChI=1S/C19H15N5O/c25-16-6-5-14-11-22-19(24-10-7-15(23-16)17(14)24)13-3-1-12(2-4-13)18-20-8-9-21-18/h1-6,8-9,11,20-21H,7,10H2. The van der Waals surface area contributed by atoms with Gasteiger partial charge in [-0.25, -0.2) is 9.98 Å². The van der Waals surface area contributed by atoms with Gasteiger partial charge in [0, 0.05) is 53.6 Å². The molecule has 6 heteroatoms. The van der Waals surface area contributed by atoms with Crippen LogP contribution in [-0.4, -0.2) is 17.7 Å². The second kappa shape index (κ2) is 5.31. The van der Waals surface area contributed by atoms with Crippen LogP contribution >= 0.6 is 0 Å². The van der Waals surface area contributed by atoms with Crippen molar-refractivity contribution in [2.24, 2.45) is 4.99 Å². The highest BCUT2D eigenvalue weighted by Gasteiger charge is 2.28. The molecule has 25 heavy (non-hydrogen) atoms. The molecule has 0 saturated heterocycles. The minimum Gasteiger partial charge on any atom is -0.346 e. The molecule has 1 aromatic carbocycles. The maximum atomic E-state index is 11.7. The SMILES string of the molecule is O=c1ccc2c3c(n1)CCN3C(=c1ccc(=C3NC=CN3)cc1)N=C2. The highest BCUT2D eigenvalue weighted by atomic mass is 16.1. The number of nitrogens with zero attached hydrogens (tertiary/aromatic N) is 3. The van der Waals surface area contributed by atoms with Crippen molar-refractivity contribution in [2.75, 3.05) is 11.4 Å². The first-order valence-electron chi connectivity index (χ1n) is 8.18. The van der Waals surface area contributed by atoms with E-state index < -0.39 is 0 Å². The Morgan fingerprint density at radius 3 is 2.52 bits per heavy atom. The molecule has 0 bridgehead atoms. The van der Waals surface area contributed by atoms with Crippen molar-refractivity contribution < 1.29 is 0 Å². The van der Waals surface area contributed by atoms with E-state index in [1.165, 1.54) is 6.07 Å². The molecule has 0 atom stereocenters. The number of benzene rings is 1. The molecular weight excluding hydrogens is 314 g/mol. The van der Waals surface area contributed by atoms with Gasteiger partial charge in [0.25, 0.3) is 5.56 Å². The first-order chi connectivity index (χ1) is 12.3. The van der Waals surface area contributed by atoms with Crippen molar-refractivity contribution in [1.82, 2.24) is 15.6 Å². The van der Waals surface area contributed by atoms with E-state index in [2.05, 4.69) is 49.8 Å². The van der Waals surface area contributed by atoms with E-state index >= 15 is 0 Å². The van der Waals surface area contributed by atoms with E-state index in [9.17, 15) is 4.79 Å². The minimum atomic E-state index is -0.201. The van der Waals surface area contributed by atoms with Crippen LogP contribution in [0.2, 0.25) is 0 Å². The Hall–Kier alpha value is -3.41. The molecule has 0 radical (unpaired) electrons. The van der Waals surface area contributed by atoms with Crippen molar-refractivity contribution in [2.45, 2.75) is 6.42 Å². The zero-order valence-corrected chi connectivity index (χ0v) is 13.4. The van der Waals surface area contributed by atoms with Crippen molar-refractivity contribution in [3.05, 3.63) is 80.8 Å². The Kier molecular flexibility index (Phi) is 2.97. The number of rotatable bonds is 0. The molecular formula is C19H15N5O. The third-order valence-electron chi connectivity index (χ3n) is 4.59. The highest BCUT2D eigenvalue weighted by Crippen LogP contribution is 2.34. The summed E-state index contributed by atoms with van der Waals surface area (Å²) in [5, 5.41) is 8.45. The third kappa shape index (κ3) is 2.22. The lowest BCUT2D eigenvalue weighted by atomic mass is 10.2. The van der Waals surface area contributed by atoms with E-state index in [1.807, 2.05) is 18.6 Å². The second-order valence-electron chi connectivity index (χ2n) is 6.09. The maximum absolute atomic E-state index is 11.7. The Balaban J connectivity index is 1.67. The smallest absolute Gasteiger partial charge is 0.270 e. The largest absolute Gasteiger partial charge is 0.346 e. The van der Waals surface area contributed by atoms with Gasteiger partial charge >= 0.3 is 0 Å². The second-order valence-corrected chi connectivity index (χ2v) is 6.09. The molecule has 1 aromatic heterocycles. The number of hydrogen-bond acceptors (Lipinski definition) is 6. The fourth-order valence-corrected chi connectivity index (χ4v) is 3.44. The summed E-state index contributed by atoms with van der Waals surface area (Å²) in [4.78, 5) is 22.8. The molecule has 5 rings (SSSR count). The normalized spacial score (nSPS) is 16.7. The van der Waals surface area contributed by atoms with E-state index in [-0.39, 0.29) is 5.56 Å². The number of aromatic nitrogens is 1. The molecule has 0 aliphatic carbocycles. The van der Waals surface area contributed by atoms with E-state index in [0.717, 1.165) is 52.0 Å². The quantitative estimate of drug-likeness (QED) is 0.697. The van der Waals surface area contributed by atoms with E-state index in [4.69, 9.17) is 0 Å². The fourth-order valence-electron chi connectivity index (χ4n) is 3.44. The van der Waals surface area contributed by atoms with Crippen LogP contribution in [0.4, 0.5) is 5.69 Å². The van der Waals surface area contributed by atoms with Gasteiger partial charge in [0.15, 0.2) is 0 Å². The van der Waals surface area contributed by atoms with Crippen molar-refractivity contribution in [3.63, 3.8) is 0 Å². The van der Waals surface area contributed by atoms with Crippen LogP contribution in [0, 0.1) is 0 Å². The Morgan fingerprint density at radius 1 is 0.960 bits per heavy atom. The molecule has 4 heterocycles. The molecule has 3 aliphatic heterocycles. The topological polar surface area (TPSA) is 69.6 Å². The predicted octanol–water partition coefficient (Wildman–Crippen LogP) is -0.268. The van der Waals surface area contributed by atoms with Gasteiger partial charge in [-0.15, -0.1) is 0 Å². The summed E-state index contributed by atoms with van der Waals surface area (Å²) >= 11 is 0. The molecule has 0 amide bonds. The monoisotopic (exact) mass is 329 g/mol. The van der Waals surface area contributed by atoms with E-state index in [0.29, 0.717) is 0 Å². The van der Waals surface area contributed by atoms with Crippen LogP contribution < -0.4 is 31.5 Å². The Labute approximate surface area is 143 Å². The van der Waals surface area contributed by atoms with Crippen LogP contribution in [0.3, 0.4) is 0 Å². The number of nitrogens with one attached hydrogen (secondary N) is 2. The van der Waals surface area contributed by atoms with Gasteiger partial charge < -0.3 is 15.5 Å². The summed E-state index contributed by atoms with van der Waals surface area (Å²) in [7, 11) is 0. The van der Waals surface area contributed by atoms with Crippen molar-refractivity contribution in [3.8, 4) is 0 Å². The minimum absolute atomic E-state index is 0.201. The van der Waals surface area contributed by atoms with Crippen molar-refractivity contribution >= 4 is 23.5 Å². The summed E-state index contributed by atoms with van der Waals surface area (Å²) in [6.07, 6.45) is 6.31. The van der Waals surface area contributed by atoms with Gasteiger partial charge in [-0.2, -0.15) is 0 Å². The number of hydrogen-bond donors (Lipinski definition) is 2. The van der Waals surface area contributed by atoms with Gasteiger partial charge in [0.2, 0.25) is 0 Å². The van der Waals surface area contributed by atoms with Crippen LogP contribution in [0.15, 0.2) is 58.6 Å². The highest BCUT2D eigenvalue weighted by molar-refractivity contribution is 5.98. The zero-order chi connectivity index (χ0) is 16.8. The zero-order valence-electron chi connectivity index (χ0n) is 13.4.